The topological polar surface area (TPSA) is 41.1 Å². The Balaban J connectivity index is 2.65. The fourth-order valence-electron chi connectivity index (χ4n) is 1.22. The van der Waals surface area contributed by atoms with E-state index in [-0.39, 0.29) is 28.2 Å². The van der Waals surface area contributed by atoms with Gasteiger partial charge in [-0.25, -0.2) is 4.39 Å². The van der Waals surface area contributed by atoms with Crippen LogP contribution in [0.5, 0.6) is 0 Å². The monoisotopic (exact) mass is 278 g/mol. The van der Waals surface area contributed by atoms with Gasteiger partial charge in [-0.2, -0.15) is 0 Å². The van der Waals surface area contributed by atoms with Crippen LogP contribution in [0.15, 0.2) is 12.1 Å². The van der Waals surface area contributed by atoms with Crippen molar-refractivity contribution in [3.8, 4) is 0 Å². The molecule has 1 rings (SSSR count). The van der Waals surface area contributed by atoms with Gasteiger partial charge in [0.2, 0.25) is 5.91 Å². The number of carbonyl (C=O) groups is 1. The molecule has 0 heterocycles. The molecular formula is C11H13Cl2FN2O. The number of hydrogen-bond donors (Lipinski definition) is 2. The Morgan fingerprint density at radius 3 is 2.47 bits per heavy atom. The lowest BCUT2D eigenvalue weighted by Crippen LogP contribution is -2.28. The third-order valence-electron chi connectivity index (χ3n) is 1.98. The van der Waals surface area contributed by atoms with Gasteiger partial charge < -0.3 is 10.6 Å². The molecule has 17 heavy (non-hydrogen) atoms. The van der Waals surface area contributed by atoms with Crippen molar-refractivity contribution in [1.29, 1.82) is 0 Å². The smallest absolute Gasteiger partial charge is 0.238 e. The molecule has 6 heteroatoms. The summed E-state index contributed by atoms with van der Waals surface area (Å²) in [5.41, 5.74) is 0.234. The number of carbonyl (C=O) groups excluding carboxylic acids is 1. The van der Waals surface area contributed by atoms with Crippen LogP contribution in [0.3, 0.4) is 0 Å². The maximum atomic E-state index is 12.9. The molecule has 0 saturated carbocycles. The van der Waals surface area contributed by atoms with Crippen LogP contribution in [-0.4, -0.2) is 19.0 Å². The predicted molar refractivity (Wildman–Crippen MR) is 68.2 cm³/mol. The van der Waals surface area contributed by atoms with E-state index in [0.29, 0.717) is 0 Å². The van der Waals surface area contributed by atoms with Crippen molar-refractivity contribution in [2.24, 2.45) is 0 Å². The Kier molecular flexibility index (Phi) is 5.68. The van der Waals surface area contributed by atoms with E-state index < -0.39 is 5.82 Å². The predicted octanol–water partition coefficient (Wildman–Crippen LogP) is 3.07. The molecule has 0 spiro atoms. The lowest BCUT2D eigenvalue weighted by molar-refractivity contribution is -0.115. The largest absolute Gasteiger partial charge is 0.322 e. The Hall–Kier alpha value is -0.840. The van der Waals surface area contributed by atoms with Crippen LogP contribution in [0.25, 0.3) is 0 Å². The quantitative estimate of drug-likeness (QED) is 0.813. The van der Waals surface area contributed by atoms with Gasteiger partial charge in [-0.15, -0.1) is 0 Å². The lowest BCUT2D eigenvalue weighted by atomic mass is 10.3. The first kappa shape index (κ1) is 14.2. The second kappa shape index (κ2) is 6.79. The highest BCUT2D eigenvalue weighted by Gasteiger charge is 2.11. The third-order valence-corrected chi connectivity index (χ3v) is 2.58. The minimum atomic E-state index is -0.540. The molecule has 0 aliphatic heterocycles. The van der Waals surface area contributed by atoms with Crippen molar-refractivity contribution in [3.05, 3.63) is 28.0 Å². The molecular weight excluding hydrogens is 266 g/mol. The van der Waals surface area contributed by atoms with Crippen LogP contribution in [0.2, 0.25) is 10.0 Å². The second-order valence-electron chi connectivity index (χ2n) is 3.47. The van der Waals surface area contributed by atoms with Gasteiger partial charge in [-0.05, 0) is 25.1 Å². The molecule has 0 atom stereocenters. The molecule has 1 aromatic carbocycles. The van der Waals surface area contributed by atoms with E-state index in [4.69, 9.17) is 23.2 Å². The first-order chi connectivity index (χ1) is 8.04. The van der Waals surface area contributed by atoms with Gasteiger partial charge in [-0.3, -0.25) is 4.79 Å². The van der Waals surface area contributed by atoms with Crippen LogP contribution in [0.4, 0.5) is 10.1 Å². The summed E-state index contributed by atoms with van der Waals surface area (Å²) < 4.78 is 12.9. The van der Waals surface area contributed by atoms with E-state index in [1.807, 2.05) is 6.92 Å². The first-order valence-electron chi connectivity index (χ1n) is 5.19. The highest BCUT2D eigenvalue weighted by Crippen LogP contribution is 2.31. The van der Waals surface area contributed by atoms with Crippen LogP contribution in [0, 0.1) is 5.82 Å². The summed E-state index contributed by atoms with van der Waals surface area (Å²) in [6.45, 7) is 2.91. The third kappa shape index (κ3) is 4.50. The fraction of sp³-hybridized carbons (Fsp3) is 0.364. The van der Waals surface area contributed by atoms with Crippen molar-refractivity contribution < 1.29 is 9.18 Å². The Bertz CT molecular complexity index is 389. The van der Waals surface area contributed by atoms with E-state index in [1.165, 1.54) is 0 Å². The number of rotatable bonds is 5. The summed E-state index contributed by atoms with van der Waals surface area (Å²) in [6.07, 6.45) is 0.936. The van der Waals surface area contributed by atoms with Crippen LogP contribution < -0.4 is 10.6 Å². The number of nitrogens with one attached hydrogen (secondary N) is 2. The summed E-state index contributed by atoms with van der Waals surface area (Å²) in [5, 5.41) is 5.63. The zero-order valence-corrected chi connectivity index (χ0v) is 10.8. The summed E-state index contributed by atoms with van der Waals surface area (Å²) in [6, 6.07) is 2.20. The first-order valence-corrected chi connectivity index (χ1v) is 5.95. The SMILES string of the molecule is CCCNCC(=O)Nc1c(Cl)cc(F)cc1Cl. The van der Waals surface area contributed by atoms with Gasteiger partial charge in [0.05, 0.1) is 22.3 Å². The molecule has 0 aliphatic carbocycles. The Labute approximate surface area is 109 Å². The van der Waals surface area contributed by atoms with Crippen molar-refractivity contribution in [3.63, 3.8) is 0 Å². The number of halogens is 3. The van der Waals surface area contributed by atoms with Gasteiger partial charge in [-0.1, -0.05) is 30.1 Å². The summed E-state index contributed by atoms with van der Waals surface area (Å²) in [5.74, 6) is -0.809. The maximum absolute atomic E-state index is 12.9. The molecule has 0 radical (unpaired) electrons. The number of anilines is 1. The molecule has 1 amide bonds. The average Bonchev–Trinajstić information content (AvgIpc) is 2.24. The molecule has 0 fully saturated rings. The molecule has 0 bridgehead atoms. The average molecular weight is 279 g/mol. The molecule has 0 unspecified atom stereocenters. The second-order valence-corrected chi connectivity index (χ2v) is 4.28. The van der Waals surface area contributed by atoms with Crippen LogP contribution >= 0.6 is 23.2 Å². The van der Waals surface area contributed by atoms with Crippen molar-refractivity contribution in [1.82, 2.24) is 5.32 Å². The van der Waals surface area contributed by atoms with E-state index >= 15 is 0 Å². The van der Waals surface area contributed by atoms with E-state index in [0.717, 1.165) is 25.1 Å². The molecule has 94 valence electrons. The number of benzene rings is 1. The zero-order chi connectivity index (χ0) is 12.8. The molecule has 0 aromatic heterocycles. The van der Waals surface area contributed by atoms with Crippen LogP contribution in [-0.2, 0) is 4.79 Å². The normalized spacial score (nSPS) is 10.4. The van der Waals surface area contributed by atoms with Gasteiger partial charge in [0, 0.05) is 0 Å². The summed E-state index contributed by atoms with van der Waals surface area (Å²) in [4.78, 5) is 11.5. The number of amides is 1. The summed E-state index contributed by atoms with van der Waals surface area (Å²) >= 11 is 11.6. The highest BCUT2D eigenvalue weighted by molar-refractivity contribution is 6.39. The van der Waals surface area contributed by atoms with E-state index in [2.05, 4.69) is 10.6 Å². The van der Waals surface area contributed by atoms with E-state index in [9.17, 15) is 9.18 Å². The summed E-state index contributed by atoms with van der Waals surface area (Å²) in [7, 11) is 0. The maximum Gasteiger partial charge on any atom is 0.238 e. The van der Waals surface area contributed by atoms with Gasteiger partial charge in [0.25, 0.3) is 0 Å². The van der Waals surface area contributed by atoms with Crippen molar-refractivity contribution >= 4 is 34.8 Å². The van der Waals surface area contributed by atoms with Gasteiger partial charge in [0.1, 0.15) is 5.82 Å². The molecule has 1 aromatic rings. The Morgan fingerprint density at radius 1 is 1.35 bits per heavy atom. The molecule has 0 saturated heterocycles. The minimum absolute atomic E-state index is 0.0823. The lowest BCUT2D eigenvalue weighted by Gasteiger charge is -2.09. The Morgan fingerprint density at radius 2 is 1.94 bits per heavy atom. The van der Waals surface area contributed by atoms with Crippen molar-refractivity contribution in [2.75, 3.05) is 18.4 Å². The van der Waals surface area contributed by atoms with Gasteiger partial charge >= 0.3 is 0 Å². The van der Waals surface area contributed by atoms with Gasteiger partial charge in [0.15, 0.2) is 0 Å². The zero-order valence-electron chi connectivity index (χ0n) is 9.32. The minimum Gasteiger partial charge on any atom is -0.322 e. The highest BCUT2D eigenvalue weighted by atomic mass is 35.5. The van der Waals surface area contributed by atoms with Crippen LogP contribution in [0.1, 0.15) is 13.3 Å². The standard InChI is InChI=1S/C11H13Cl2FN2O/c1-2-3-15-6-10(17)16-11-8(12)4-7(14)5-9(11)13/h4-5,15H,2-3,6H2,1H3,(H,16,17). The van der Waals surface area contributed by atoms with Crippen molar-refractivity contribution in [2.45, 2.75) is 13.3 Å². The fourth-order valence-corrected chi connectivity index (χ4v) is 1.78. The molecule has 3 nitrogen and oxygen atoms in total. The number of hydrogen-bond acceptors (Lipinski definition) is 2. The van der Waals surface area contributed by atoms with E-state index in [1.54, 1.807) is 0 Å². The molecule has 0 aliphatic rings. The molecule has 2 N–H and O–H groups in total.